The molecule has 0 spiro atoms. The topological polar surface area (TPSA) is 81.8 Å². The van der Waals surface area contributed by atoms with Gasteiger partial charge in [-0.25, -0.2) is 4.79 Å². The molecule has 0 aliphatic carbocycles. The van der Waals surface area contributed by atoms with E-state index in [1.54, 1.807) is 6.20 Å². The maximum Gasteiger partial charge on any atom is 0.339 e. The van der Waals surface area contributed by atoms with Crippen molar-refractivity contribution in [2.45, 2.75) is 0 Å². The average Bonchev–Trinajstić information content (AvgIpc) is 2.41. The Balaban J connectivity index is 2.78. The number of hydrogen-bond acceptors (Lipinski definition) is 2. The van der Waals surface area contributed by atoms with Crippen LogP contribution in [0.1, 0.15) is 10.4 Å². The third kappa shape index (κ3) is 0.706. The highest BCUT2D eigenvalue weighted by molar-refractivity contribution is 6.00. The van der Waals surface area contributed by atoms with Crippen LogP contribution in [-0.2, 0) is 0 Å². The number of carboxylic acid groups (broad SMARTS) is 1. The molecule has 0 fully saturated rings. The van der Waals surface area contributed by atoms with E-state index in [1.165, 1.54) is 6.20 Å². The van der Waals surface area contributed by atoms with Crippen molar-refractivity contribution in [2.24, 2.45) is 0 Å². The van der Waals surface area contributed by atoms with Crippen LogP contribution in [0.25, 0.3) is 11.0 Å². The van der Waals surface area contributed by atoms with Gasteiger partial charge in [0.15, 0.2) is 0 Å². The molecular weight excluding hydrogens is 146 g/mol. The first-order valence-electron chi connectivity index (χ1n) is 3.03. The number of aromatic carboxylic acids is 1. The van der Waals surface area contributed by atoms with Crippen LogP contribution in [0.5, 0.6) is 0 Å². The van der Waals surface area contributed by atoms with Crippen molar-refractivity contribution in [3.05, 3.63) is 18.0 Å². The van der Waals surface area contributed by atoms with E-state index >= 15 is 0 Å². The van der Waals surface area contributed by atoms with Crippen LogP contribution in [-0.4, -0.2) is 26.3 Å². The second-order valence-electron chi connectivity index (χ2n) is 2.17. The minimum atomic E-state index is -0.958. The second-order valence-corrected chi connectivity index (χ2v) is 2.17. The van der Waals surface area contributed by atoms with Crippen molar-refractivity contribution >= 4 is 17.0 Å². The maximum atomic E-state index is 10.5. The second kappa shape index (κ2) is 1.85. The van der Waals surface area contributed by atoms with E-state index in [0.29, 0.717) is 11.0 Å². The van der Waals surface area contributed by atoms with Gasteiger partial charge in [0.1, 0.15) is 5.56 Å². The number of hydrogen-bond donors (Lipinski definition) is 3. The molecular formula is C6H5N3O2. The fraction of sp³-hybridized carbons (Fsp3) is 0. The Bertz CT molecular complexity index is 401. The third-order valence-corrected chi connectivity index (χ3v) is 1.51. The number of aromatic nitrogens is 3. The fourth-order valence-electron chi connectivity index (χ4n) is 0.992. The van der Waals surface area contributed by atoms with Crippen LogP contribution in [0.2, 0.25) is 0 Å². The van der Waals surface area contributed by atoms with Crippen molar-refractivity contribution < 1.29 is 9.90 Å². The third-order valence-electron chi connectivity index (χ3n) is 1.51. The predicted molar refractivity (Wildman–Crippen MR) is 37.4 cm³/mol. The highest BCUT2D eigenvalue weighted by Crippen LogP contribution is 2.13. The largest absolute Gasteiger partial charge is 0.478 e. The van der Waals surface area contributed by atoms with Gasteiger partial charge in [0.2, 0.25) is 0 Å². The van der Waals surface area contributed by atoms with Crippen LogP contribution >= 0.6 is 0 Å². The molecule has 0 saturated heterocycles. The Morgan fingerprint density at radius 3 is 3.18 bits per heavy atom. The SMILES string of the molecule is O=C(O)c1c[nH]c2cn[nH]c12. The van der Waals surface area contributed by atoms with E-state index in [1.807, 2.05) is 0 Å². The van der Waals surface area contributed by atoms with Crippen LogP contribution in [0.15, 0.2) is 12.4 Å². The van der Waals surface area contributed by atoms with Crippen molar-refractivity contribution in [3.8, 4) is 0 Å². The molecule has 0 aliphatic heterocycles. The summed E-state index contributed by atoms with van der Waals surface area (Å²) in [6, 6.07) is 0. The van der Waals surface area contributed by atoms with Crippen molar-refractivity contribution in [3.63, 3.8) is 0 Å². The van der Waals surface area contributed by atoms with Gasteiger partial charge in [-0.1, -0.05) is 0 Å². The summed E-state index contributed by atoms with van der Waals surface area (Å²) in [7, 11) is 0. The zero-order valence-corrected chi connectivity index (χ0v) is 5.46. The van der Waals surface area contributed by atoms with Crippen molar-refractivity contribution in [1.29, 1.82) is 0 Å². The highest BCUT2D eigenvalue weighted by atomic mass is 16.4. The molecule has 2 rings (SSSR count). The zero-order chi connectivity index (χ0) is 7.84. The summed E-state index contributed by atoms with van der Waals surface area (Å²) < 4.78 is 0. The van der Waals surface area contributed by atoms with E-state index in [4.69, 9.17) is 5.11 Å². The number of carboxylic acids is 1. The van der Waals surface area contributed by atoms with E-state index in [-0.39, 0.29) is 5.56 Å². The van der Waals surface area contributed by atoms with Gasteiger partial charge in [-0.05, 0) is 0 Å². The number of fused-ring (bicyclic) bond motifs is 1. The lowest BCUT2D eigenvalue weighted by Gasteiger charge is -1.83. The first-order chi connectivity index (χ1) is 5.29. The van der Waals surface area contributed by atoms with Crippen LogP contribution in [0, 0.1) is 0 Å². The molecule has 0 aromatic carbocycles. The fourth-order valence-corrected chi connectivity index (χ4v) is 0.992. The summed E-state index contributed by atoms with van der Waals surface area (Å²) in [5.74, 6) is -0.958. The van der Waals surface area contributed by atoms with E-state index in [2.05, 4.69) is 15.2 Å². The number of nitrogens with zero attached hydrogens (tertiary/aromatic N) is 1. The molecule has 0 unspecified atom stereocenters. The number of rotatable bonds is 1. The monoisotopic (exact) mass is 151 g/mol. The van der Waals surface area contributed by atoms with E-state index in [0.717, 1.165) is 0 Å². The quantitative estimate of drug-likeness (QED) is 0.557. The van der Waals surface area contributed by atoms with Gasteiger partial charge in [0.25, 0.3) is 0 Å². The molecule has 0 aliphatic rings. The highest BCUT2D eigenvalue weighted by Gasteiger charge is 2.10. The minimum absolute atomic E-state index is 0.220. The standard InChI is InChI=1S/C6H5N3O2/c10-6(11)3-1-7-4-2-8-9-5(3)4/h1-2,7H,(H,8,9)(H,10,11). The lowest BCUT2D eigenvalue weighted by Crippen LogP contribution is -1.93. The van der Waals surface area contributed by atoms with Crippen LogP contribution < -0.4 is 0 Å². The summed E-state index contributed by atoms with van der Waals surface area (Å²) >= 11 is 0. The lowest BCUT2D eigenvalue weighted by molar-refractivity contribution is 0.0699. The minimum Gasteiger partial charge on any atom is -0.478 e. The number of H-pyrrole nitrogens is 2. The molecule has 5 heteroatoms. The van der Waals surface area contributed by atoms with Crippen LogP contribution in [0.4, 0.5) is 0 Å². The summed E-state index contributed by atoms with van der Waals surface area (Å²) in [5.41, 5.74) is 1.47. The molecule has 2 heterocycles. The lowest BCUT2D eigenvalue weighted by atomic mass is 10.3. The first-order valence-corrected chi connectivity index (χ1v) is 3.03. The summed E-state index contributed by atoms with van der Waals surface area (Å²) in [6.07, 6.45) is 2.98. The van der Waals surface area contributed by atoms with Crippen molar-refractivity contribution in [1.82, 2.24) is 15.2 Å². The summed E-state index contributed by atoms with van der Waals surface area (Å²) in [5, 5.41) is 14.9. The van der Waals surface area contributed by atoms with Gasteiger partial charge < -0.3 is 10.1 Å². The molecule has 0 amide bonds. The van der Waals surface area contributed by atoms with E-state index in [9.17, 15) is 4.79 Å². The molecule has 0 saturated carbocycles. The summed E-state index contributed by atoms with van der Waals surface area (Å²) in [6.45, 7) is 0. The maximum absolute atomic E-state index is 10.5. The van der Waals surface area contributed by atoms with Gasteiger partial charge in [-0.2, -0.15) is 5.10 Å². The first kappa shape index (κ1) is 5.96. The Morgan fingerprint density at radius 1 is 1.64 bits per heavy atom. The summed E-state index contributed by atoms with van der Waals surface area (Å²) in [4.78, 5) is 13.3. The molecule has 11 heavy (non-hydrogen) atoms. The molecule has 2 aromatic rings. The number of aromatic amines is 2. The molecule has 5 nitrogen and oxygen atoms in total. The molecule has 0 radical (unpaired) electrons. The van der Waals surface area contributed by atoms with Crippen LogP contribution in [0.3, 0.4) is 0 Å². The normalized spacial score (nSPS) is 10.5. The number of nitrogens with one attached hydrogen (secondary N) is 2. The zero-order valence-electron chi connectivity index (χ0n) is 5.46. The van der Waals surface area contributed by atoms with Gasteiger partial charge >= 0.3 is 5.97 Å². The molecule has 0 atom stereocenters. The smallest absolute Gasteiger partial charge is 0.339 e. The van der Waals surface area contributed by atoms with Gasteiger partial charge in [-0.15, -0.1) is 0 Å². The van der Waals surface area contributed by atoms with Gasteiger partial charge in [-0.3, -0.25) is 5.10 Å². The van der Waals surface area contributed by atoms with Crippen molar-refractivity contribution in [2.75, 3.05) is 0 Å². The molecule has 3 N–H and O–H groups in total. The number of carbonyl (C=O) groups is 1. The Morgan fingerprint density at radius 2 is 2.45 bits per heavy atom. The molecule has 2 aromatic heterocycles. The Labute approximate surface area is 61.0 Å². The Hall–Kier alpha value is -1.78. The van der Waals surface area contributed by atoms with Gasteiger partial charge in [0.05, 0.1) is 17.2 Å². The molecule has 0 bridgehead atoms. The van der Waals surface area contributed by atoms with E-state index < -0.39 is 5.97 Å². The average molecular weight is 151 g/mol. The molecule has 56 valence electrons. The van der Waals surface area contributed by atoms with Gasteiger partial charge in [0, 0.05) is 6.20 Å². The predicted octanol–water partition coefficient (Wildman–Crippen LogP) is 0.589. The Kier molecular flexibility index (Phi) is 1.00.